The molecule has 0 bridgehead atoms. The Balaban J connectivity index is 1.65. The van der Waals surface area contributed by atoms with Crippen LogP contribution in [0, 0.1) is 0 Å². The monoisotopic (exact) mass is 428 g/mol. The lowest BCUT2D eigenvalue weighted by Gasteiger charge is -2.29. The number of amides is 2. The van der Waals surface area contributed by atoms with Gasteiger partial charge in [-0.15, -0.1) is 11.3 Å². The van der Waals surface area contributed by atoms with E-state index in [2.05, 4.69) is 15.3 Å². The molecular formula is C16H14Cl2N4O4S. The number of aromatic amines is 1. The first kappa shape index (κ1) is 19.4. The summed E-state index contributed by atoms with van der Waals surface area (Å²) in [6, 6.07) is -0.444. The summed E-state index contributed by atoms with van der Waals surface area (Å²) in [4.78, 5) is 43.9. The number of H-pyrrole nitrogens is 1. The molecule has 8 nitrogen and oxygen atoms in total. The van der Waals surface area contributed by atoms with E-state index in [4.69, 9.17) is 23.2 Å². The quantitative estimate of drug-likeness (QED) is 0.639. The normalized spacial score (nSPS) is 16.4. The van der Waals surface area contributed by atoms with Crippen molar-refractivity contribution < 1.29 is 14.7 Å². The van der Waals surface area contributed by atoms with Crippen molar-refractivity contribution in [3.05, 3.63) is 54.7 Å². The van der Waals surface area contributed by atoms with Crippen molar-refractivity contribution in [2.75, 3.05) is 13.1 Å². The predicted molar refractivity (Wildman–Crippen MR) is 102 cm³/mol. The van der Waals surface area contributed by atoms with E-state index in [1.54, 1.807) is 17.5 Å². The van der Waals surface area contributed by atoms with Gasteiger partial charge >= 0.3 is 0 Å². The second-order valence-electron chi connectivity index (χ2n) is 5.76. The summed E-state index contributed by atoms with van der Waals surface area (Å²) in [7, 11) is 0. The topological polar surface area (TPSA) is 115 Å². The van der Waals surface area contributed by atoms with Crippen molar-refractivity contribution >= 4 is 46.4 Å². The lowest BCUT2D eigenvalue weighted by molar-refractivity contribution is -0.121. The van der Waals surface area contributed by atoms with E-state index < -0.39 is 23.4 Å². The van der Waals surface area contributed by atoms with Crippen molar-refractivity contribution in [2.24, 2.45) is 0 Å². The van der Waals surface area contributed by atoms with E-state index in [0.29, 0.717) is 16.4 Å². The number of rotatable bonds is 4. The summed E-state index contributed by atoms with van der Waals surface area (Å²) in [6.45, 7) is 0.609. The van der Waals surface area contributed by atoms with Crippen molar-refractivity contribution in [1.82, 2.24) is 20.2 Å². The summed E-state index contributed by atoms with van der Waals surface area (Å²) in [5, 5.41) is 14.1. The zero-order chi connectivity index (χ0) is 19.6. The predicted octanol–water partition coefficient (Wildman–Crippen LogP) is 1.58. The Hall–Kier alpha value is -2.36. The lowest BCUT2D eigenvalue weighted by atomic mass is 10.1. The molecule has 2 aromatic heterocycles. The van der Waals surface area contributed by atoms with Gasteiger partial charge in [-0.2, -0.15) is 0 Å². The van der Waals surface area contributed by atoms with Gasteiger partial charge in [0.1, 0.15) is 4.34 Å². The Morgan fingerprint density at radius 3 is 2.89 bits per heavy atom. The van der Waals surface area contributed by atoms with E-state index in [1.807, 2.05) is 0 Å². The third-order valence-electron chi connectivity index (χ3n) is 3.93. The molecule has 0 saturated heterocycles. The summed E-state index contributed by atoms with van der Waals surface area (Å²) in [5.74, 6) is -1.26. The number of nitrogens with one attached hydrogen (secondary N) is 2. The molecule has 3 rings (SSSR count). The van der Waals surface area contributed by atoms with Gasteiger partial charge in [-0.3, -0.25) is 14.4 Å². The largest absolute Gasteiger partial charge is 0.493 e. The highest BCUT2D eigenvalue weighted by Crippen LogP contribution is 2.33. The van der Waals surface area contributed by atoms with Gasteiger partial charge in [0.2, 0.25) is 11.8 Å². The summed E-state index contributed by atoms with van der Waals surface area (Å²) < 4.78 is 0.346. The molecule has 2 aromatic rings. The van der Waals surface area contributed by atoms with Crippen LogP contribution >= 0.6 is 34.5 Å². The first-order chi connectivity index (χ1) is 12.9. The van der Waals surface area contributed by atoms with Crippen LogP contribution in [0.15, 0.2) is 28.7 Å². The Labute approximate surface area is 167 Å². The minimum Gasteiger partial charge on any atom is -0.493 e. The van der Waals surface area contributed by atoms with Crippen LogP contribution in [-0.2, 0) is 11.2 Å². The van der Waals surface area contributed by atoms with Crippen LogP contribution in [-0.4, -0.2) is 50.9 Å². The van der Waals surface area contributed by atoms with E-state index in [0.717, 1.165) is 6.33 Å². The van der Waals surface area contributed by atoms with Crippen molar-refractivity contribution in [3.63, 3.8) is 0 Å². The zero-order valence-electron chi connectivity index (χ0n) is 13.7. The van der Waals surface area contributed by atoms with Crippen LogP contribution in [0.2, 0.25) is 9.36 Å². The van der Waals surface area contributed by atoms with Crippen LogP contribution in [0.3, 0.4) is 0 Å². The number of nitrogens with zero attached hydrogens (tertiary/aromatic N) is 2. The SMILES string of the molecule is O=C(Cc1c(O)nc[nH]c1=O)NC1C=CCN(C(=O)c2csc(Cl)c2Cl)C1. The number of aromatic nitrogens is 2. The van der Waals surface area contributed by atoms with Crippen LogP contribution in [0.25, 0.3) is 0 Å². The summed E-state index contributed by atoms with van der Waals surface area (Å²) >= 11 is 13.1. The molecule has 1 aliphatic rings. The van der Waals surface area contributed by atoms with Crippen LogP contribution in [0.5, 0.6) is 5.88 Å². The molecule has 142 valence electrons. The number of hydrogen-bond donors (Lipinski definition) is 3. The minimum atomic E-state index is -0.586. The molecule has 1 aliphatic heterocycles. The van der Waals surface area contributed by atoms with Crippen molar-refractivity contribution in [1.29, 1.82) is 0 Å². The maximum atomic E-state index is 12.6. The number of hydrogen-bond acceptors (Lipinski definition) is 6. The molecule has 27 heavy (non-hydrogen) atoms. The molecular weight excluding hydrogens is 415 g/mol. The van der Waals surface area contributed by atoms with Gasteiger partial charge in [0.15, 0.2) is 0 Å². The van der Waals surface area contributed by atoms with Gasteiger partial charge in [0.25, 0.3) is 11.5 Å². The number of carbonyl (C=O) groups is 2. The highest BCUT2D eigenvalue weighted by molar-refractivity contribution is 7.15. The summed E-state index contributed by atoms with van der Waals surface area (Å²) in [6.07, 6.45) is 4.23. The van der Waals surface area contributed by atoms with Crippen LogP contribution in [0.4, 0.5) is 0 Å². The van der Waals surface area contributed by atoms with Gasteiger partial charge < -0.3 is 20.3 Å². The Morgan fingerprint density at radius 1 is 1.44 bits per heavy atom. The average Bonchev–Trinajstić information content (AvgIpc) is 2.97. The highest BCUT2D eigenvalue weighted by atomic mass is 35.5. The molecule has 0 saturated carbocycles. The van der Waals surface area contributed by atoms with Gasteiger partial charge in [-0.05, 0) is 0 Å². The Kier molecular flexibility index (Phi) is 5.83. The van der Waals surface area contributed by atoms with E-state index >= 15 is 0 Å². The van der Waals surface area contributed by atoms with Gasteiger partial charge in [-0.1, -0.05) is 35.4 Å². The second-order valence-corrected chi connectivity index (χ2v) is 7.62. The van der Waals surface area contributed by atoms with E-state index in [9.17, 15) is 19.5 Å². The Bertz CT molecular complexity index is 972. The number of thiophene rings is 1. The molecule has 1 atom stereocenters. The number of carbonyl (C=O) groups excluding carboxylic acids is 2. The summed E-state index contributed by atoms with van der Waals surface area (Å²) in [5.41, 5.74) is -0.390. The molecule has 3 N–H and O–H groups in total. The fourth-order valence-corrected chi connectivity index (χ4v) is 3.84. The second kappa shape index (κ2) is 8.12. The molecule has 0 aromatic carbocycles. The fourth-order valence-electron chi connectivity index (χ4n) is 2.62. The van der Waals surface area contributed by atoms with Crippen molar-refractivity contribution in [3.8, 4) is 5.88 Å². The molecule has 0 radical (unpaired) electrons. The lowest BCUT2D eigenvalue weighted by Crippen LogP contribution is -2.47. The Morgan fingerprint density at radius 2 is 2.22 bits per heavy atom. The fraction of sp³-hybridized carbons (Fsp3) is 0.250. The van der Waals surface area contributed by atoms with E-state index in [-0.39, 0.29) is 29.5 Å². The maximum absolute atomic E-state index is 12.6. The van der Waals surface area contributed by atoms with Gasteiger partial charge in [0.05, 0.1) is 34.9 Å². The maximum Gasteiger partial charge on any atom is 0.258 e. The number of aromatic hydroxyl groups is 1. The third-order valence-corrected chi connectivity index (χ3v) is 5.75. The molecule has 11 heteroatoms. The zero-order valence-corrected chi connectivity index (χ0v) is 16.1. The van der Waals surface area contributed by atoms with E-state index in [1.165, 1.54) is 16.2 Å². The standard InChI is InChI=1S/C16H14Cl2N4O4S/c17-12-10(6-27-13(12)18)16(26)22-3-1-2-8(5-22)21-11(23)4-9-14(24)19-7-20-15(9)25/h1-2,6-8H,3-5H2,(H,21,23)(H2,19,20,24,25). The molecule has 1 unspecified atom stereocenters. The van der Waals surface area contributed by atoms with Gasteiger partial charge in [0, 0.05) is 18.5 Å². The molecule has 3 heterocycles. The smallest absolute Gasteiger partial charge is 0.258 e. The third kappa shape index (κ3) is 4.32. The van der Waals surface area contributed by atoms with Crippen LogP contribution < -0.4 is 10.9 Å². The van der Waals surface area contributed by atoms with Gasteiger partial charge in [-0.25, -0.2) is 4.98 Å². The average molecular weight is 429 g/mol. The molecule has 2 amide bonds. The van der Waals surface area contributed by atoms with Crippen LogP contribution in [0.1, 0.15) is 15.9 Å². The number of halogens is 2. The first-order valence-corrected chi connectivity index (χ1v) is 9.43. The first-order valence-electron chi connectivity index (χ1n) is 7.80. The molecule has 0 aliphatic carbocycles. The van der Waals surface area contributed by atoms with Crippen molar-refractivity contribution in [2.45, 2.75) is 12.5 Å². The highest BCUT2D eigenvalue weighted by Gasteiger charge is 2.26. The molecule has 0 fully saturated rings. The minimum absolute atomic E-state index is 0.123. The molecule has 0 spiro atoms.